The zero-order chi connectivity index (χ0) is 21.1. The van der Waals surface area contributed by atoms with Gasteiger partial charge < -0.3 is 14.6 Å². The van der Waals surface area contributed by atoms with Gasteiger partial charge in [0.15, 0.2) is 11.0 Å². The van der Waals surface area contributed by atoms with E-state index in [1.807, 2.05) is 37.6 Å². The van der Waals surface area contributed by atoms with E-state index in [4.69, 9.17) is 27.9 Å². The van der Waals surface area contributed by atoms with E-state index in [-0.39, 0.29) is 5.91 Å². The SMILES string of the molecule is COc1cc(Cl)c(C)cc1NC(=O)C(C)Sc1nnc(-c2ccc(Cl)cc2)n1C. The molecule has 3 aromatic rings. The van der Waals surface area contributed by atoms with Crippen LogP contribution >= 0.6 is 35.0 Å². The first-order valence-corrected chi connectivity index (χ1v) is 10.4. The Bertz CT molecular complexity index is 1040. The van der Waals surface area contributed by atoms with Gasteiger partial charge in [-0.25, -0.2) is 0 Å². The standard InChI is InChI=1S/C20H20Cl2N4O2S/c1-11-9-16(17(28-4)10-15(11)22)23-19(27)12(2)29-20-25-24-18(26(20)3)13-5-7-14(21)8-6-13/h5-10,12H,1-4H3,(H,23,27). The average Bonchev–Trinajstić information content (AvgIpc) is 3.05. The first-order valence-electron chi connectivity index (χ1n) is 8.77. The second-order valence-corrected chi connectivity index (χ2v) is 8.57. The monoisotopic (exact) mass is 450 g/mol. The Hall–Kier alpha value is -2.22. The Morgan fingerprint density at radius 3 is 2.55 bits per heavy atom. The van der Waals surface area contributed by atoms with E-state index in [0.29, 0.717) is 32.5 Å². The van der Waals surface area contributed by atoms with Gasteiger partial charge in [0.1, 0.15) is 5.75 Å². The molecule has 0 saturated heterocycles. The fraction of sp³-hybridized carbons (Fsp3) is 0.250. The Kier molecular flexibility index (Phi) is 6.72. The molecule has 0 aliphatic heterocycles. The summed E-state index contributed by atoms with van der Waals surface area (Å²) in [6.07, 6.45) is 0. The molecule has 0 fully saturated rings. The summed E-state index contributed by atoms with van der Waals surface area (Å²) in [5.41, 5.74) is 2.32. The minimum Gasteiger partial charge on any atom is -0.495 e. The number of hydrogen-bond donors (Lipinski definition) is 1. The highest BCUT2D eigenvalue weighted by atomic mass is 35.5. The Labute approximate surface area is 183 Å². The third-order valence-corrected chi connectivity index (χ3v) is 6.12. The van der Waals surface area contributed by atoms with Gasteiger partial charge in [0.2, 0.25) is 5.91 Å². The van der Waals surface area contributed by atoms with Crippen molar-refractivity contribution in [1.82, 2.24) is 14.8 Å². The number of thioether (sulfide) groups is 1. The molecule has 2 aromatic carbocycles. The molecule has 9 heteroatoms. The van der Waals surface area contributed by atoms with Crippen molar-refractivity contribution >= 4 is 46.6 Å². The number of aryl methyl sites for hydroxylation is 1. The van der Waals surface area contributed by atoms with E-state index in [1.165, 1.54) is 18.9 Å². The third kappa shape index (κ3) is 4.86. The summed E-state index contributed by atoms with van der Waals surface area (Å²) in [6, 6.07) is 10.8. The zero-order valence-electron chi connectivity index (χ0n) is 16.4. The number of benzene rings is 2. The van der Waals surface area contributed by atoms with Crippen LogP contribution in [0.1, 0.15) is 12.5 Å². The van der Waals surface area contributed by atoms with Gasteiger partial charge in [-0.2, -0.15) is 0 Å². The van der Waals surface area contributed by atoms with Crippen molar-refractivity contribution in [3.05, 3.63) is 52.0 Å². The summed E-state index contributed by atoms with van der Waals surface area (Å²) in [6.45, 7) is 3.68. The van der Waals surface area contributed by atoms with E-state index in [0.717, 1.165) is 11.1 Å². The van der Waals surface area contributed by atoms with Crippen LogP contribution in [0.3, 0.4) is 0 Å². The quantitative estimate of drug-likeness (QED) is 0.520. The first-order chi connectivity index (χ1) is 13.8. The molecule has 152 valence electrons. The number of rotatable bonds is 6. The molecule has 0 aliphatic carbocycles. The third-order valence-electron chi connectivity index (χ3n) is 4.33. The first kappa shape index (κ1) is 21.5. The number of halogens is 2. The highest BCUT2D eigenvalue weighted by Crippen LogP contribution is 2.32. The number of nitrogens with zero attached hydrogens (tertiary/aromatic N) is 3. The van der Waals surface area contributed by atoms with Gasteiger partial charge in [-0.1, -0.05) is 35.0 Å². The van der Waals surface area contributed by atoms with Crippen molar-refractivity contribution in [3.8, 4) is 17.1 Å². The molecule has 1 atom stereocenters. The number of carbonyl (C=O) groups is 1. The molecule has 1 heterocycles. The second-order valence-electron chi connectivity index (χ2n) is 6.42. The highest BCUT2D eigenvalue weighted by Gasteiger charge is 2.21. The van der Waals surface area contributed by atoms with Crippen LogP contribution in [0.2, 0.25) is 10.0 Å². The Morgan fingerprint density at radius 1 is 1.21 bits per heavy atom. The van der Waals surface area contributed by atoms with Crippen LogP contribution in [0.25, 0.3) is 11.4 Å². The smallest absolute Gasteiger partial charge is 0.237 e. The number of nitrogens with one attached hydrogen (secondary N) is 1. The lowest BCUT2D eigenvalue weighted by molar-refractivity contribution is -0.115. The molecule has 0 saturated carbocycles. The van der Waals surface area contributed by atoms with E-state index in [2.05, 4.69) is 15.5 Å². The van der Waals surface area contributed by atoms with E-state index in [1.54, 1.807) is 24.3 Å². The maximum Gasteiger partial charge on any atom is 0.237 e. The summed E-state index contributed by atoms with van der Waals surface area (Å²) in [7, 11) is 3.40. The highest BCUT2D eigenvalue weighted by molar-refractivity contribution is 8.00. The molecule has 6 nitrogen and oxygen atoms in total. The van der Waals surface area contributed by atoms with Gasteiger partial charge in [-0.3, -0.25) is 4.79 Å². The van der Waals surface area contributed by atoms with Crippen molar-refractivity contribution in [1.29, 1.82) is 0 Å². The van der Waals surface area contributed by atoms with Crippen LogP contribution in [0.5, 0.6) is 5.75 Å². The van der Waals surface area contributed by atoms with Gasteiger partial charge >= 0.3 is 0 Å². The van der Waals surface area contributed by atoms with E-state index in [9.17, 15) is 4.79 Å². The number of hydrogen-bond acceptors (Lipinski definition) is 5. The molecule has 0 radical (unpaired) electrons. The largest absolute Gasteiger partial charge is 0.495 e. The van der Waals surface area contributed by atoms with Crippen LogP contribution in [0.4, 0.5) is 5.69 Å². The number of carbonyl (C=O) groups excluding carboxylic acids is 1. The van der Waals surface area contributed by atoms with E-state index < -0.39 is 5.25 Å². The predicted octanol–water partition coefficient (Wildman–Crippen LogP) is 5.23. The summed E-state index contributed by atoms with van der Waals surface area (Å²) in [5.74, 6) is 1.03. The minimum absolute atomic E-state index is 0.175. The molecule has 1 unspecified atom stereocenters. The average molecular weight is 451 g/mol. The van der Waals surface area contributed by atoms with Crippen LogP contribution < -0.4 is 10.1 Å². The Balaban J connectivity index is 1.74. The molecule has 1 N–H and O–H groups in total. The van der Waals surface area contributed by atoms with Crippen LogP contribution in [-0.4, -0.2) is 33.0 Å². The second kappa shape index (κ2) is 9.07. The number of ether oxygens (including phenoxy) is 1. The van der Waals surface area contributed by atoms with Gasteiger partial charge in [0.05, 0.1) is 18.0 Å². The lowest BCUT2D eigenvalue weighted by Gasteiger charge is -2.15. The zero-order valence-corrected chi connectivity index (χ0v) is 18.7. The summed E-state index contributed by atoms with van der Waals surface area (Å²) in [5, 5.41) is 12.8. The molecule has 1 aromatic heterocycles. The fourth-order valence-corrected chi connectivity index (χ4v) is 3.74. The minimum atomic E-state index is -0.406. The maximum absolute atomic E-state index is 12.7. The van der Waals surface area contributed by atoms with Crippen molar-refractivity contribution in [3.63, 3.8) is 0 Å². The predicted molar refractivity (Wildman–Crippen MR) is 118 cm³/mol. The molecule has 3 rings (SSSR count). The summed E-state index contributed by atoms with van der Waals surface area (Å²) >= 11 is 13.4. The molecule has 1 amide bonds. The topological polar surface area (TPSA) is 69.0 Å². The number of anilines is 1. The lowest BCUT2D eigenvalue weighted by Crippen LogP contribution is -2.23. The van der Waals surface area contributed by atoms with Crippen molar-refractivity contribution < 1.29 is 9.53 Å². The van der Waals surface area contributed by atoms with Crippen molar-refractivity contribution in [2.24, 2.45) is 7.05 Å². The molecule has 0 aliphatic rings. The van der Waals surface area contributed by atoms with Gasteiger partial charge in [-0.05, 0) is 49.7 Å². The van der Waals surface area contributed by atoms with Crippen molar-refractivity contribution in [2.75, 3.05) is 12.4 Å². The summed E-state index contributed by atoms with van der Waals surface area (Å²) < 4.78 is 7.17. The normalized spacial score (nSPS) is 11.9. The van der Waals surface area contributed by atoms with Gasteiger partial charge in [0, 0.05) is 28.7 Å². The molecule has 0 bridgehead atoms. The lowest BCUT2D eigenvalue weighted by atomic mass is 10.2. The number of aromatic nitrogens is 3. The van der Waals surface area contributed by atoms with Gasteiger partial charge in [-0.15, -0.1) is 10.2 Å². The molecular weight excluding hydrogens is 431 g/mol. The van der Waals surface area contributed by atoms with Crippen LogP contribution in [-0.2, 0) is 11.8 Å². The van der Waals surface area contributed by atoms with Crippen LogP contribution in [0, 0.1) is 6.92 Å². The number of methoxy groups -OCH3 is 1. The number of amides is 1. The Morgan fingerprint density at radius 2 is 1.90 bits per heavy atom. The molecular formula is C20H20Cl2N4O2S. The van der Waals surface area contributed by atoms with Crippen molar-refractivity contribution in [2.45, 2.75) is 24.3 Å². The van der Waals surface area contributed by atoms with Crippen LogP contribution in [0.15, 0.2) is 41.6 Å². The summed E-state index contributed by atoms with van der Waals surface area (Å²) in [4.78, 5) is 12.7. The maximum atomic E-state index is 12.7. The molecule has 29 heavy (non-hydrogen) atoms. The van der Waals surface area contributed by atoms with E-state index >= 15 is 0 Å². The van der Waals surface area contributed by atoms with Gasteiger partial charge in [0.25, 0.3) is 0 Å². The fourth-order valence-electron chi connectivity index (χ4n) is 2.64. The molecule has 0 spiro atoms.